The fourth-order valence-electron chi connectivity index (χ4n) is 4.32. The van der Waals surface area contributed by atoms with Crippen LogP contribution in [0.1, 0.15) is 13.3 Å². The highest BCUT2D eigenvalue weighted by Gasteiger charge is 2.60. The molecule has 0 fully saturated rings. The lowest BCUT2D eigenvalue weighted by molar-refractivity contribution is 0.201. The van der Waals surface area contributed by atoms with Crippen LogP contribution in [0.15, 0.2) is 121 Å². The van der Waals surface area contributed by atoms with Crippen LogP contribution < -0.4 is 21.2 Å². The minimum atomic E-state index is -3.81. The molecule has 0 amide bonds. The molecule has 4 aromatic carbocycles. The summed E-state index contributed by atoms with van der Waals surface area (Å²) in [5.74, 6) is 0. The molecule has 4 aromatic rings. The average Bonchev–Trinajstić information content (AvgIpc) is 2.89. The second-order valence-electron chi connectivity index (χ2n) is 7.69. The predicted molar refractivity (Wildman–Crippen MR) is 135 cm³/mol. The Morgan fingerprint density at radius 3 is 0.938 bits per heavy atom. The molecule has 0 saturated heterocycles. The minimum Gasteiger partial charge on any atom is -0.374 e. The van der Waals surface area contributed by atoms with Crippen molar-refractivity contribution >= 4 is 35.5 Å². The first-order valence-electron chi connectivity index (χ1n) is 10.6. The normalized spacial score (nSPS) is 12.4. The lowest BCUT2D eigenvalue weighted by atomic mass is 10.4. The Labute approximate surface area is 189 Å². The molecule has 0 spiro atoms. The van der Waals surface area contributed by atoms with Gasteiger partial charge in [-0.15, -0.1) is 0 Å². The number of aliphatic hydroxyl groups is 1. The van der Waals surface area contributed by atoms with E-state index in [0.717, 1.165) is 0 Å². The summed E-state index contributed by atoms with van der Waals surface area (Å²) < 4.78 is 30.5. The molecule has 32 heavy (non-hydrogen) atoms. The second kappa shape index (κ2) is 9.04. The summed E-state index contributed by atoms with van der Waals surface area (Å²) in [4.78, 5) is 0. The van der Waals surface area contributed by atoms with Crippen LogP contribution in [0.4, 0.5) is 0 Å². The van der Waals surface area contributed by atoms with Crippen LogP contribution in [0.5, 0.6) is 0 Å². The van der Waals surface area contributed by atoms with Crippen molar-refractivity contribution in [3.8, 4) is 0 Å². The Kier molecular flexibility index (Phi) is 6.35. The van der Waals surface area contributed by atoms with Gasteiger partial charge in [0.1, 0.15) is 0 Å². The molecule has 5 heteroatoms. The first-order chi connectivity index (χ1) is 15.5. The van der Waals surface area contributed by atoms with Crippen molar-refractivity contribution in [2.75, 3.05) is 0 Å². The van der Waals surface area contributed by atoms with Crippen LogP contribution in [-0.2, 0) is 9.13 Å². The van der Waals surface area contributed by atoms with E-state index in [9.17, 15) is 5.11 Å². The van der Waals surface area contributed by atoms with Crippen molar-refractivity contribution in [2.24, 2.45) is 0 Å². The van der Waals surface area contributed by atoms with E-state index in [-0.39, 0.29) is 6.42 Å². The molecular weight excluding hydrogens is 434 g/mol. The van der Waals surface area contributed by atoms with Crippen molar-refractivity contribution in [1.82, 2.24) is 0 Å². The number of hydrogen-bond acceptors (Lipinski definition) is 3. The van der Waals surface area contributed by atoms with Gasteiger partial charge in [0, 0.05) is 21.2 Å². The summed E-state index contributed by atoms with van der Waals surface area (Å²) in [5.41, 5.74) is 0. The summed E-state index contributed by atoms with van der Waals surface area (Å²) >= 11 is 0. The summed E-state index contributed by atoms with van der Waals surface area (Å²) in [6, 6.07) is 35.9. The van der Waals surface area contributed by atoms with Gasteiger partial charge in [-0.2, -0.15) is 0 Å². The van der Waals surface area contributed by atoms with E-state index in [1.165, 1.54) is 0 Å². The summed E-state index contributed by atoms with van der Waals surface area (Å²) in [6.45, 7) is 1.76. The van der Waals surface area contributed by atoms with Crippen LogP contribution in [-0.4, -0.2) is 10.2 Å². The number of hydrogen-bond donors (Lipinski definition) is 1. The van der Waals surface area contributed by atoms with Gasteiger partial charge in [0.15, 0.2) is 19.4 Å². The van der Waals surface area contributed by atoms with Crippen molar-refractivity contribution in [1.29, 1.82) is 0 Å². The molecule has 162 valence electrons. The summed E-state index contributed by atoms with van der Waals surface area (Å²) in [6.07, 6.45) is 0.0507. The molecule has 0 aliphatic rings. The zero-order valence-corrected chi connectivity index (χ0v) is 19.7. The third-order valence-corrected chi connectivity index (χ3v) is 14.4. The van der Waals surface area contributed by atoms with E-state index in [2.05, 4.69) is 0 Å². The molecule has 0 aliphatic carbocycles. The van der Waals surface area contributed by atoms with Crippen molar-refractivity contribution in [3.63, 3.8) is 0 Å². The summed E-state index contributed by atoms with van der Waals surface area (Å²) in [7, 11) is -7.61. The molecule has 0 radical (unpaired) electrons. The maximum Gasteiger partial charge on any atom is 0.185 e. The largest absolute Gasteiger partial charge is 0.374 e. The molecule has 0 unspecified atom stereocenters. The third kappa shape index (κ3) is 3.42. The molecule has 0 heterocycles. The Hall–Kier alpha value is -2.70. The van der Waals surface area contributed by atoms with Crippen LogP contribution in [0.2, 0.25) is 0 Å². The molecule has 0 atom stereocenters. The fraction of sp³-hybridized carbons (Fsp3) is 0.111. The molecule has 4 rings (SSSR count). The van der Waals surface area contributed by atoms with Crippen LogP contribution in [0.25, 0.3) is 0 Å². The lowest BCUT2D eigenvalue weighted by Crippen LogP contribution is -2.43. The van der Waals surface area contributed by atoms with Crippen molar-refractivity contribution in [3.05, 3.63) is 121 Å². The van der Waals surface area contributed by atoms with Gasteiger partial charge in [0.05, 0.1) is 0 Å². The molecule has 0 saturated carbocycles. The molecule has 3 nitrogen and oxygen atoms in total. The zero-order chi connectivity index (χ0) is 22.7. The van der Waals surface area contributed by atoms with Crippen molar-refractivity contribution in [2.45, 2.75) is 18.4 Å². The highest BCUT2D eigenvalue weighted by molar-refractivity contribution is 7.96. The molecular formula is C27H26O3P2. The van der Waals surface area contributed by atoms with Crippen LogP contribution in [0.3, 0.4) is 0 Å². The van der Waals surface area contributed by atoms with Gasteiger partial charge in [0.25, 0.3) is 0 Å². The van der Waals surface area contributed by atoms with E-state index in [1.807, 2.05) is 24.3 Å². The smallest absolute Gasteiger partial charge is 0.185 e. The standard InChI is InChI=1S/C27H26O3P2/c1-2-27(28,31(29,23-15-7-3-8-16-23)24-17-9-4-10-18-24)32(30,25-19-11-5-12-20-25)26-21-13-6-14-22-26/h3-22,28H,2H2,1H3. The monoisotopic (exact) mass is 460 g/mol. The Morgan fingerprint density at radius 1 is 0.531 bits per heavy atom. The van der Waals surface area contributed by atoms with Gasteiger partial charge in [-0.05, 0) is 6.42 Å². The Bertz CT molecular complexity index is 1070. The van der Waals surface area contributed by atoms with Gasteiger partial charge in [0.2, 0.25) is 0 Å². The van der Waals surface area contributed by atoms with Gasteiger partial charge in [-0.1, -0.05) is 128 Å². The van der Waals surface area contributed by atoms with Gasteiger partial charge >= 0.3 is 0 Å². The number of rotatable bonds is 7. The highest BCUT2D eigenvalue weighted by Crippen LogP contribution is 2.73. The highest BCUT2D eigenvalue weighted by atomic mass is 31.2. The maximum atomic E-state index is 15.2. The third-order valence-electron chi connectivity index (χ3n) is 5.96. The molecule has 0 aliphatic heterocycles. The zero-order valence-electron chi connectivity index (χ0n) is 17.9. The van der Waals surface area contributed by atoms with E-state index >= 15 is 9.13 Å². The predicted octanol–water partition coefficient (Wildman–Crippen LogP) is 5.07. The van der Waals surface area contributed by atoms with E-state index in [4.69, 9.17) is 0 Å². The Morgan fingerprint density at radius 2 is 0.750 bits per heavy atom. The van der Waals surface area contributed by atoms with Crippen molar-refractivity contribution < 1.29 is 14.2 Å². The van der Waals surface area contributed by atoms with E-state index < -0.39 is 19.4 Å². The SMILES string of the molecule is CCC(O)(P(=O)(c1ccccc1)c1ccccc1)P(=O)(c1ccccc1)c1ccccc1. The quantitative estimate of drug-likeness (QED) is 0.392. The van der Waals surface area contributed by atoms with E-state index in [1.54, 1.807) is 104 Å². The fourth-order valence-corrected chi connectivity index (χ4v) is 12.8. The Balaban J connectivity index is 2.12. The van der Waals surface area contributed by atoms with Gasteiger partial charge in [-0.3, -0.25) is 0 Å². The molecule has 1 N–H and O–H groups in total. The first kappa shape index (κ1) is 22.5. The minimum absolute atomic E-state index is 0.0507. The van der Waals surface area contributed by atoms with Crippen LogP contribution >= 0.6 is 14.3 Å². The van der Waals surface area contributed by atoms with E-state index in [0.29, 0.717) is 21.2 Å². The molecule has 0 bridgehead atoms. The van der Waals surface area contributed by atoms with Gasteiger partial charge < -0.3 is 14.2 Å². The second-order valence-corrected chi connectivity index (χ2v) is 14.0. The molecule has 0 aromatic heterocycles. The lowest BCUT2D eigenvalue weighted by Gasteiger charge is -2.42. The maximum absolute atomic E-state index is 15.2. The summed E-state index contributed by atoms with van der Waals surface area (Å²) in [5, 5.41) is 12.5. The topological polar surface area (TPSA) is 54.4 Å². The van der Waals surface area contributed by atoms with Gasteiger partial charge in [-0.25, -0.2) is 0 Å². The number of benzene rings is 4. The van der Waals surface area contributed by atoms with Crippen LogP contribution in [0, 0.1) is 0 Å². The first-order valence-corrected chi connectivity index (χ1v) is 14.0. The average molecular weight is 460 g/mol.